The molecule has 0 saturated heterocycles. The molecule has 1 aliphatic heterocycles. The Kier molecular flexibility index (Phi) is 6.19. The molecule has 25 heavy (non-hydrogen) atoms. The number of thioether (sulfide) groups is 1. The Morgan fingerprint density at radius 3 is 2.60 bits per heavy atom. The average Bonchev–Trinajstić information content (AvgIpc) is 3.06. The summed E-state index contributed by atoms with van der Waals surface area (Å²) in [4.78, 5) is 1.25. The van der Waals surface area contributed by atoms with Crippen LogP contribution in [0.25, 0.3) is 0 Å². The maximum absolute atomic E-state index is 6.53. The predicted molar refractivity (Wildman–Crippen MR) is 106 cm³/mol. The van der Waals surface area contributed by atoms with E-state index in [1.807, 2.05) is 17.8 Å². The molecule has 0 spiro atoms. The first kappa shape index (κ1) is 18.5. The van der Waals surface area contributed by atoms with Crippen molar-refractivity contribution in [3.63, 3.8) is 0 Å². The Hall–Kier alpha value is -1.32. The van der Waals surface area contributed by atoms with E-state index in [4.69, 9.17) is 21.1 Å². The number of rotatable bonds is 7. The zero-order valence-corrected chi connectivity index (χ0v) is 16.5. The highest BCUT2D eigenvalue weighted by atomic mass is 35.5. The molecule has 0 bridgehead atoms. The molecule has 0 fully saturated rings. The average molecular weight is 376 g/mol. The van der Waals surface area contributed by atoms with E-state index >= 15 is 0 Å². The van der Waals surface area contributed by atoms with Crippen LogP contribution >= 0.6 is 23.4 Å². The van der Waals surface area contributed by atoms with Crippen LogP contribution in [0.4, 0.5) is 0 Å². The van der Waals surface area contributed by atoms with Gasteiger partial charge in [-0.05, 0) is 48.4 Å². The molecule has 2 nitrogen and oxygen atoms in total. The third kappa shape index (κ3) is 4.27. The molecule has 1 heterocycles. The van der Waals surface area contributed by atoms with Crippen molar-refractivity contribution in [2.75, 3.05) is 6.79 Å². The zero-order chi connectivity index (χ0) is 17.8. The first-order valence-electron chi connectivity index (χ1n) is 8.70. The minimum absolute atomic E-state index is 0.274. The summed E-state index contributed by atoms with van der Waals surface area (Å²) in [5.74, 6) is 3.01. The molecule has 1 radical (unpaired) electrons. The molecule has 2 aromatic rings. The Balaban J connectivity index is 1.83. The topological polar surface area (TPSA) is 18.5 Å². The number of benzene rings is 2. The van der Waals surface area contributed by atoms with Gasteiger partial charge in [-0.25, -0.2) is 0 Å². The lowest BCUT2D eigenvalue weighted by molar-refractivity contribution is 0.173. The highest BCUT2D eigenvalue weighted by Crippen LogP contribution is 2.44. The SMILES string of the molecule is C[CH]CCc1c(Cl)cc2c(c1CSc1ccc(C(C)C)cc1)OCO2. The molecule has 4 heteroatoms. The molecule has 0 unspecified atom stereocenters. The van der Waals surface area contributed by atoms with E-state index in [1.54, 1.807) is 0 Å². The van der Waals surface area contributed by atoms with Crippen molar-refractivity contribution in [1.29, 1.82) is 0 Å². The molecular formula is C21H24ClO2S. The van der Waals surface area contributed by atoms with Crippen molar-refractivity contribution in [1.82, 2.24) is 0 Å². The standard InChI is InChI=1S/C21H24ClO2S/c1-4-5-6-17-18(21-20(11-19(17)22)23-13-24-21)12-25-16-9-7-15(8-10-16)14(2)3/h4,7-11,14H,5-6,12-13H2,1-3H3. The number of hydrogen-bond donors (Lipinski definition) is 0. The van der Waals surface area contributed by atoms with Gasteiger partial charge in [-0.2, -0.15) is 0 Å². The lowest BCUT2D eigenvalue weighted by atomic mass is 10.0. The van der Waals surface area contributed by atoms with Crippen LogP contribution in [-0.2, 0) is 12.2 Å². The molecule has 1 aliphatic rings. The van der Waals surface area contributed by atoms with Crippen LogP contribution in [0.2, 0.25) is 5.02 Å². The van der Waals surface area contributed by atoms with E-state index in [2.05, 4.69) is 51.5 Å². The Bertz CT molecular complexity index is 726. The van der Waals surface area contributed by atoms with Crippen LogP contribution < -0.4 is 9.47 Å². The van der Waals surface area contributed by atoms with Crippen LogP contribution in [0.15, 0.2) is 35.2 Å². The summed E-state index contributed by atoms with van der Waals surface area (Å²) in [5, 5.41) is 0.775. The summed E-state index contributed by atoms with van der Waals surface area (Å²) in [7, 11) is 0. The summed E-state index contributed by atoms with van der Waals surface area (Å²) in [6.07, 6.45) is 4.09. The lowest BCUT2D eigenvalue weighted by Crippen LogP contribution is -1.98. The zero-order valence-electron chi connectivity index (χ0n) is 15.0. The van der Waals surface area contributed by atoms with Gasteiger partial charge < -0.3 is 9.47 Å². The summed E-state index contributed by atoms with van der Waals surface area (Å²) < 4.78 is 11.3. The highest BCUT2D eigenvalue weighted by Gasteiger charge is 2.23. The number of fused-ring (bicyclic) bond motifs is 1. The van der Waals surface area contributed by atoms with Crippen molar-refractivity contribution in [3.8, 4) is 11.5 Å². The second kappa shape index (κ2) is 8.37. The lowest BCUT2D eigenvalue weighted by Gasteiger charge is -2.14. The molecule has 0 saturated carbocycles. The molecule has 0 aliphatic carbocycles. The first-order chi connectivity index (χ1) is 12.1. The van der Waals surface area contributed by atoms with Gasteiger partial charge in [-0.15, -0.1) is 11.8 Å². The maximum Gasteiger partial charge on any atom is 0.231 e. The van der Waals surface area contributed by atoms with Gasteiger partial charge in [-0.1, -0.05) is 44.5 Å². The largest absolute Gasteiger partial charge is 0.454 e. The van der Waals surface area contributed by atoms with E-state index in [0.29, 0.717) is 5.92 Å². The summed E-state index contributed by atoms with van der Waals surface area (Å²) in [6.45, 7) is 6.78. The summed E-state index contributed by atoms with van der Waals surface area (Å²) >= 11 is 8.34. The molecule has 0 amide bonds. The van der Waals surface area contributed by atoms with Gasteiger partial charge in [0.05, 0.1) is 0 Å². The molecule has 2 aromatic carbocycles. The Labute approximate surface area is 159 Å². The van der Waals surface area contributed by atoms with Crippen molar-refractivity contribution in [2.45, 2.75) is 50.2 Å². The Morgan fingerprint density at radius 2 is 1.92 bits per heavy atom. The van der Waals surface area contributed by atoms with Crippen molar-refractivity contribution in [2.24, 2.45) is 0 Å². The fourth-order valence-electron chi connectivity index (χ4n) is 2.93. The predicted octanol–water partition coefficient (Wildman–Crippen LogP) is 6.64. The van der Waals surface area contributed by atoms with Crippen LogP contribution in [0.5, 0.6) is 11.5 Å². The smallest absolute Gasteiger partial charge is 0.231 e. The van der Waals surface area contributed by atoms with Gasteiger partial charge in [0.2, 0.25) is 6.79 Å². The van der Waals surface area contributed by atoms with E-state index in [0.717, 1.165) is 35.1 Å². The maximum atomic E-state index is 6.53. The normalized spacial score (nSPS) is 12.8. The molecule has 133 valence electrons. The molecule has 0 N–H and O–H groups in total. The van der Waals surface area contributed by atoms with Gasteiger partial charge in [0.15, 0.2) is 11.5 Å². The molecule has 0 atom stereocenters. The summed E-state index contributed by atoms with van der Waals surface area (Å²) in [5.41, 5.74) is 3.71. The highest BCUT2D eigenvalue weighted by molar-refractivity contribution is 7.98. The van der Waals surface area contributed by atoms with Gasteiger partial charge in [-0.3, -0.25) is 0 Å². The second-order valence-electron chi connectivity index (χ2n) is 6.51. The van der Waals surface area contributed by atoms with Crippen molar-refractivity contribution < 1.29 is 9.47 Å². The van der Waals surface area contributed by atoms with E-state index in [1.165, 1.54) is 21.6 Å². The molecule has 3 rings (SSSR count). The minimum atomic E-state index is 0.274. The monoisotopic (exact) mass is 375 g/mol. The van der Waals surface area contributed by atoms with Gasteiger partial charge in [0.25, 0.3) is 0 Å². The van der Waals surface area contributed by atoms with Crippen molar-refractivity contribution in [3.05, 3.63) is 58.5 Å². The second-order valence-corrected chi connectivity index (χ2v) is 7.96. The van der Waals surface area contributed by atoms with Gasteiger partial charge in [0, 0.05) is 27.3 Å². The van der Waals surface area contributed by atoms with Crippen LogP contribution in [0.3, 0.4) is 0 Å². The van der Waals surface area contributed by atoms with E-state index in [-0.39, 0.29) is 6.79 Å². The quantitative estimate of drug-likeness (QED) is 0.505. The molecular weight excluding hydrogens is 352 g/mol. The molecule has 0 aromatic heterocycles. The number of ether oxygens (including phenoxy) is 2. The van der Waals surface area contributed by atoms with Crippen LogP contribution in [0.1, 0.15) is 49.8 Å². The van der Waals surface area contributed by atoms with Crippen LogP contribution in [0, 0.1) is 6.42 Å². The fraction of sp³-hybridized carbons (Fsp3) is 0.381. The minimum Gasteiger partial charge on any atom is -0.454 e. The van der Waals surface area contributed by atoms with Gasteiger partial charge >= 0.3 is 0 Å². The number of halogens is 1. The van der Waals surface area contributed by atoms with Crippen LogP contribution in [-0.4, -0.2) is 6.79 Å². The van der Waals surface area contributed by atoms with E-state index in [9.17, 15) is 0 Å². The third-order valence-electron chi connectivity index (χ3n) is 4.44. The Morgan fingerprint density at radius 1 is 1.16 bits per heavy atom. The fourth-order valence-corrected chi connectivity index (χ4v) is 4.18. The van der Waals surface area contributed by atoms with Gasteiger partial charge in [0.1, 0.15) is 0 Å². The van der Waals surface area contributed by atoms with E-state index < -0.39 is 0 Å². The summed E-state index contributed by atoms with van der Waals surface area (Å²) in [6, 6.07) is 10.7. The first-order valence-corrected chi connectivity index (χ1v) is 10.1. The number of unbranched alkanes of at least 4 members (excludes halogenated alkanes) is 1. The number of hydrogen-bond acceptors (Lipinski definition) is 3. The van der Waals surface area contributed by atoms with Crippen molar-refractivity contribution >= 4 is 23.4 Å². The third-order valence-corrected chi connectivity index (χ3v) is 5.81.